The Morgan fingerprint density at radius 1 is 0.232 bits per heavy atom. The predicted octanol–water partition coefficient (Wildman–Crippen LogP) is 18.0. The summed E-state index contributed by atoms with van der Waals surface area (Å²) < 4.78 is 4.77. The van der Waals surface area contributed by atoms with Crippen molar-refractivity contribution < 1.29 is 0 Å². The SMILES string of the molecule is c1ccc(-c2ccccc2-c2ccccc2-c2ccccc2N(c2cccc(-c3ccc4c(c3)c3ccccc3n4-c3ccccc3)c2)c2ccc3c(c2)c2ccccc2n3-c2ccccc2)cc1. The van der Waals surface area contributed by atoms with Crippen LogP contribution >= 0.6 is 0 Å². The van der Waals surface area contributed by atoms with Crippen LogP contribution in [0.25, 0.3) is 99.5 Å². The first-order chi connectivity index (χ1) is 34.3. The molecule has 2 aromatic heterocycles. The van der Waals surface area contributed by atoms with Crippen molar-refractivity contribution in [2.75, 3.05) is 4.90 Å². The van der Waals surface area contributed by atoms with Gasteiger partial charge in [0.25, 0.3) is 0 Å². The Morgan fingerprint density at radius 2 is 0.652 bits per heavy atom. The van der Waals surface area contributed by atoms with Crippen molar-refractivity contribution in [3.63, 3.8) is 0 Å². The lowest BCUT2D eigenvalue weighted by molar-refractivity contribution is 1.18. The summed E-state index contributed by atoms with van der Waals surface area (Å²) in [5.74, 6) is 0. The molecular weight excluding hydrogens is 835 g/mol. The molecule has 11 aromatic carbocycles. The standard InChI is InChI=1S/C66H45N3/c1-4-21-46(22-5-1)53-29-10-11-30-54(53)55-31-12-13-32-56(55)57-33-14-17-36-62(57)67(52-40-42-66-61(45-52)59-35-16-19-38-64(59)69(66)50-26-8-3-9-27-50)51-28-20-23-47(43-51)48-39-41-65-60(44-48)58-34-15-18-37-63(58)68(65)49-24-6-2-7-25-49/h1-45H. The monoisotopic (exact) mass is 879 g/mol. The quantitative estimate of drug-likeness (QED) is 0.141. The number of aromatic nitrogens is 2. The van der Waals surface area contributed by atoms with E-state index in [1.165, 1.54) is 71.4 Å². The molecule has 324 valence electrons. The van der Waals surface area contributed by atoms with Gasteiger partial charge in [0.15, 0.2) is 0 Å². The lowest BCUT2D eigenvalue weighted by atomic mass is 9.88. The van der Waals surface area contributed by atoms with Crippen molar-refractivity contribution in [1.29, 1.82) is 0 Å². The normalized spacial score (nSPS) is 11.5. The Balaban J connectivity index is 1.02. The molecule has 0 bridgehead atoms. The molecule has 0 amide bonds. The Morgan fingerprint density at radius 3 is 1.29 bits per heavy atom. The summed E-state index contributed by atoms with van der Waals surface area (Å²) in [6.45, 7) is 0. The fourth-order valence-corrected chi connectivity index (χ4v) is 10.7. The zero-order valence-corrected chi connectivity index (χ0v) is 37.8. The molecule has 0 radical (unpaired) electrons. The number of hydrogen-bond donors (Lipinski definition) is 0. The Kier molecular flexibility index (Phi) is 9.84. The summed E-state index contributed by atoms with van der Waals surface area (Å²) in [6, 6.07) is 99.2. The first-order valence-corrected chi connectivity index (χ1v) is 23.7. The Hall–Kier alpha value is -9.18. The van der Waals surface area contributed by atoms with Gasteiger partial charge in [0.1, 0.15) is 0 Å². The molecule has 0 N–H and O–H groups in total. The van der Waals surface area contributed by atoms with Crippen molar-refractivity contribution in [2.24, 2.45) is 0 Å². The smallest absolute Gasteiger partial charge is 0.0542 e. The summed E-state index contributed by atoms with van der Waals surface area (Å²) in [6.07, 6.45) is 0. The number of nitrogens with zero attached hydrogens (tertiary/aromatic N) is 3. The van der Waals surface area contributed by atoms with Gasteiger partial charge in [0.05, 0.1) is 27.8 Å². The third-order valence-electron chi connectivity index (χ3n) is 13.7. The van der Waals surface area contributed by atoms with Crippen LogP contribution in [0.4, 0.5) is 17.1 Å². The molecule has 0 aliphatic heterocycles. The van der Waals surface area contributed by atoms with Crippen LogP contribution in [0.1, 0.15) is 0 Å². The highest BCUT2D eigenvalue weighted by atomic mass is 15.1. The molecule has 0 spiro atoms. The van der Waals surface area contributed by atoms with E-state index in [1.807, 2.05) is 0 Å². The van der Waals surface area contributed by atoms with Gasteiger partial charge in [-0.15, -0.1) is 0 Å². The molecule has 3 heteroatoms. The largest absolute Gasteiger partial charge is 0.310 e. The highest BCUT2D eigenvalue weighted by Gasteiger charge is 2.23. The number of fused-ring (bicyclic) bond motifs is 6. The number of benzene rings is 11. The van der Waals surface area contributed by atoms with Gasteiger partial charge in [-0.05, 0) is 124 Å². The molecule has 0 unspecified atom stereocenters. The number of para-hydroxylation sites is 5. The molecule has 0 fully saturated rings. The maximum absolute atomic E-state index is 2.46. The van der Waals surface area contributed by atoms with Gasteiger partial charge < -0.3 is 14.0 Å². The zero-order chi connectivity index (χ0) is 45.7. The molecular formula is C66H45N3. The molecule has 0 aliphatic carbocycles. The molecule has 0 atom stereocenters. The molecule has 0 saturated heterocycles. The average Bonchev–Trinajstić information content (AvgIpc) is 3.94. The van der Waals surface area contributed by atoms with Gasteiger partial charge in [0, 0.05) is 49.9 Å². The van der Waals surface area contributed by atoms with Crippen molar-refractivity contribution in [3.8, 4) is 55.9 Å². The molecule has 13 rings (SSSR count). The summed E-state index contributed by atoms with van der Waals surface area (Å²) >= 11 is 0. The van der Waals surface area contributed by atoms with E-state index in [0.717, 1.165) is 45.1 Å². The van der Waals surface area contributed by atoms with Crippen LogP contribution in [-0.4, -0.2) is 9.13 Å². The second-order valence-electron chi connectivity index (χ2n) is 17.7. The van der Waals surface area contributed by atoms with Crippen LogP contribution in [0.15, 0.2) is 273 Å². The second kappa shape index (κ2) is 16.9. The highest BCUT2D eigenvalue weighted by molar-refractivity contribution is 6.12. The second-order valence-corrected chi connectivity index (χ2v) is 17.7. The lowest BCUT2D eigenvalue weighted by Crippen LogP contribution is -2.11. The van der Waals surface area contributed by atoms with E-state index in [-0.39, 0.29) is 0 Å². The van der Waals surface area contributed by atoms with Gasteiger partial charge in [-0.3, -0.25) is 0 Å². The van der Waals surface area contributed by atoms with Crippen molar-refractivity contribution >= 4 is 60.7 Å². The molecule has 0 saturated carbocycles. The van der Waals surface area contributed by atoms with E-state index in [2.05, 4.69) is 287 Å². The van der Waals surface area contributed by atoms with E-state index in [9.17, 15) is 0 Å². The van der Waals surface area contributed by atoms with E-state index in [4.69, 9.17) is 0 Å². The minimum atomic E-state index is 1.07. The minimum Gasteiger partial charge on any atom is -0.310 e. The van der Waals surface area contributed by atoms with Gasteiger partial charge in [0.2, 0.25) is 0 Å². The number of hydrogen-bond acceptors (Lipinski definition) is 1. The number of anilines is 3. The third kappa shape index (κ3) is 6.91. The first-order valence-electron chi connectivity index (χ1n) is 23.7. The van der Waals surface area contributed by atoms with Gasteiger partial charge in [-0.25, -0.2) is 0 Å². The van der Waals surface area contributed by atoms with E-state index < -0.39 is 0 Å². The highest BCUT2D eigenvalue weighted by Crippen LogP contribution is 2.47. The fraction of sp³-hybridized carbons (Fsp3) is 0. The molecule has 69 heavy (non-hydrogen) atoms. The Labute approximate surface area is 401 Å². The summed E-state index contributed by atoms with van der Waals surface area (Å²) in [5.41, 5.74) is 19.7. The maximum Gasteiger partial charge on any atom is 0.0542 e. The van der Waals surface area contributed by atoms with Gasteiger partial charge >= 0.3 is 0 Å². The first kappa shape index (κ1) is 40.1. The minimum absolute atomic E-state index is 1.07. The van der Waals surface area contributed by atoms with Gasteiger partial charge in [-0.1, -0.05) is 188 Å². The third-order valence-corrected chi connectivity index (χ3v) is 13.7. The topological polar surface area (TPSA) is 13.1 Å². The van der Waals surface area contributed by atoms with Crippen LogP contribution in [0, 0.1) is 0 Å². The zero-order valence-electron chi connectivity index (χ0n) is 37.8. The van der Waals surface area contributed by atoms with Crippen LogP contribution < -0.4 is 4.90 Å². The average molecular weight is 880 g/mol. The van der Waals surface area contributed by atoms with Crippen LogP contribution in [0.5, 0.6) is 0 Å². The number of rotatable bonds is 9. The molecule has 3 nitrogen and oxygen atoms in total. The van der Waals surface area contributed by atoms with Crippen molar-refractivity contribution in [1.82, 2.24) is 9.13 Å². The van der Waals surface area contributed by atoms with Gasteiger partial charge in [-0.2, -0.15) is 0 Å². The van der Waals surface area contributed by atoms with Crippen molar-refractivity contribution in [2.45, 2.75) is 0 Å². The van der Waals surface area contributed by atoms with Crippen LogP contribution in [-0.2, 0) is 0 Å². The van der Waals surface area contributed by atoms with E-state index >= 15 is 0 Å². The fourth-order valence-electron chi connectivity index (χ4n) is 10.7. The lowest BCUT2D eigenvalue weighted by Gasteiger charge is -2.29. The Bertz CT molecular complexity index is 4010. The predicted molar refractivity (Wildman–Crippen MR) is 292 cm³/mol. The van der Waals surface area contributed by atoms with Crippen molar-refractivity contribution in [3.05, 3.63) is 273 Å². The molecule has 0 aliphatic rings. The summed E-state index contributed by atoms with van der Waals surface area (Å²) in [7, 11) is 0. The van der Waals surface area contributed by atoms with E-state index in [1.54, 1.807) is 0 Å². The molecule has 13 aromatic rings. The summed E-state index contributed by atoms with van der Waals surface area (Å²) in [5, 5.41) is 4.88. The maximum atomic E-state index is 2.46. The van der Waals surface area contributed by atoms with Crippen LogP contribution in [0.2, 0.25) is 0 Å². The molecule has 2 heterocycles. The van der Waals surface area contributed by atoms with Crippen LogP contribution in [0.3, 0.4) is 0 Å². The summed E-state index contributed by atoms with van der Waals surface area (Å²) in [4.78, 5) is 2.46. The van der Waals surface area contributed by atoms with E-state index in [0.29, 0.717) is 0 Å².